The lowest BCUT2D eigenvalue weighted by molar-refractivity contribution is -0.643. The van der Waals surface area contributed by atoms with Gasteiger partial charge in [-0.05, 0) is 36.1 Å². The van der Waals surface area contributed by atoms with Crippen LogP contribution in [-0.4, -0.2) is 4.40 Å². The molecule has 0 unspecified atom stereocenters. The smallest absolute Gasteiger partial charge is 0.252 e. The zero-order valence-electron chi connectivity index (χ0n) is 17.6. The molecule has 6 rings (SSSR count). The van der Waals surface area contributed by atoms with E-state index >= 15 is 0 Å². The molecule has 0 bridgehead atoms. The van der Waals surface area contributed by atoms with Crippen LogP contribution in [0.4, 0.5) is 0 Å². The number of pyridine rings is 2. The van der Waals surface area contributed by atoms with Crippen molar-refractivity contribution in [1.82, 2.24) is 4.40 Å². The van der Waals surface area contributed by atoms with E-state index in [0.29, 0.717) is 0 Å². The summed E-state index contributed by atoms with van der Waals surface area (Å²) in [5, 5.41) is 6.18. The average Bonchev–Trinajstić information content (AvgIpc) is 3.10. The predicted molar refractivity (Wildman–Crippen MR) is 124 cm³/mol. The lowest BCUT2D eigenvalue weighted by atomic mass is 9.88. The third kappa shape index (κ3) is 1.91. The first-order valence-electron chi connectivity index (χ1n) is 10.3. The molecule has 0 atom stereocenters. The average molecular weight is 388 g/mol. The maximum Gasteiger partial charge on any atom is 0.252 e. The number of hydrogen-bond acceptors (Lipinski definition) is 0. The predicted octanol–water partition coefficient (Wildman–Crippen LogP) is 6.28. The molecule has 0 fully saturated rings. The van der Waals surface area contributed by atoms with Crippen LogP contribution in [-0.2, 0) is 12.6 Å². The number of aromatic nitrogens is 2. The number of hydrogen-bond donors (Lipinski definition) is 0. The van der Waals surface area contributed by atoms with E-state index in [9.17, 15) is 0 Å². The Balaban J connectivity index is 2.12. The maximum atomic E-state index is 7.89. The van der Waals surface area contributed by atoms with Crippen LogP contribution in [0.25, 0.3) is 53.8 Å². The van der Waals surface area contributed by atoms with E-state index in [0.717, 1.165) is 5.56 Å². The number of aryl methyl sites for hydroxylation is 2. The molecule has 0 spiro atoms. The fourth-order valence-corrected chi connectivity index (χ4v) is 5.25. The Morgan fingerprint density at radius 2 is 1.70 bits per heavy atom. The fraction of sp³-hybridized carbons (Fsp3) is 0.185. The normalized spacial score (nSPS) is 12.6. The van der Waals surface area contributed by atoms with E-state index < -0.39 is 5.54 Å². The largest absolute Gasteiger partial charge is 0.307 e. The summed E-state index contributed by atoms with van der Waals surface area (Å²) >= 11 is 0. The lowest BCUT2D eigenvalue weighted by Gasteiger charge is -2.17. The Morgan fingerprint density at radius 1 is 0.933 bits per heavy atom. The number of fused-ring (bicyclic) bond motifs is 6. The minimum Gasteiger partial charge on any atom is -0.307 e. The van der Waals surface area contributed by atoms with Crippen molar-refractivity contribution < 1.29 is 4.57 Å². The van der Waals surface area contributed by atoms with Gasteiger partial charge in [0.05, 0.1) is 27.3 Å². The fourth-order valence-electron chi connectivity index (χ4n) is 5.25. The molecule has 0 aliphatic carbocycles. The van der Waals surface area contributed by atoms with Crippen molar-refractivity contribution in [1.29, 1.82) is 0 Å². The summed E-state index contributed by atoms with van der Waals surface area (Å²) in [6.07, 6.45) is 2.15. The van der Waals surface area contributed by atoms with Crippen LogP contribution in [0, 0.1) is 13.5 Å². The molecule has 0 amide bonds. The molecule has 3 aromatic carbocycles. The van der Waals surface area contributed by atoms with Crippen molar-refractivity contribution in [3.8, 4) is 0 Å². The molecule has 0 N–H and O–H groups in total. The van der Waals surface area contributed by atoms with Crippen molar-refractivity contribution in [2.24, 2.45) is 7.05 Å². The Labute approximate surface area is 174 Å². The zero-order valence-corrected chi connectivity index (χ0v) is 17.6. The SMILES string of the molecule is [C-]#[N+]C(C)(C)c1cc2cc[n+](C)c3c4c(C)cccc4n4c5ccccc5c1c4c23. The van der Waals surface area contributed by atoms with Crippen molar-refractivity contribution in [3.05, 3.63) is 83.3 Å². The van der Waals surface area contributed by atoms with Crippen molar-refractivity contribution in [2.45, 2.75) is 26.3 Å². The minimum atomic E-state index is -0.603. The third-order valence-electron chi connectivity index (χ3n) is 6.70. The molecule has 0 saturated heterocycles. The molecular formula is C27H22N3+. The van der Waals surface area contributed by atoms with Crippen LogP contribution in [0.5, 0.6) is 0 Å². The monoisotopic (exact) mass is 388 g/mol. The second-order valence-corrected chi connectivity index (χ2v) is 8.88. The summed E-state index contributed by atoms with van der Waals surface area (Å²) < 4.78 is 4.67. The summed E-state index contributed by atoms with van der Waals surface area (Å²) in [5.74, 6) is 0. The van der Waals surface area contributed by atoms with Gasteiger partial charge in [-0.1, -0.05) is 30.3 Å². The first-order valence-corrected chi connectivity index (χ1v) is 10.3. The number of nitrogens with zero attached hydrogens (tertiary/aromatic N) is 3. The molecular weight excluding hydrogens is 366 g/mol. The highest BCUT2D eigenvalue weighted by Gasteiger charge is 2.33. The van der Waals surface area contributed by atoms with Crippen molar-refractivity contribution in [3.63, 3.8) is 0 Å². The van der Waals surface area contributed by atoms with E-state index in [1.807, 2.05) is 13.8 Å². The van der Waals surface area contributed by atoms with Crippen molar-refractivity contribution >= 4 is 49.0 Å². The van der Waals surface area contributed by atoms with Gasteiger partial charge in [0.1, 0.15) is 7.05 Å². The summed E-state index contributed by atoms with van der Waals surface area (Å²) in [4.78, 5) is 4.02. The first kappa shape index (κ1) is 17.2. The van der Waals surface area contributed by atoms with Gasteiger partial charge in [-0.25, -0.2) is 11.1 Å². The maximum absolute atomic E-state index is 7.89. The second-order valence-electron chi connectivity index (χ2n) is 8.88. The van der Waals surface area contributed by atoms with Gasteiger partial charge in [-0.15, -0.1) is 0 Å². The van der Waals surface area contributed by atoms with E-state index in [4.69, 9.17) is 6.57 Å². The molecule has 0 saturated carbocycles. The van der Waals surface area contributed by atoms with Crippen LogP contribution < -0.4 is 4.57 Å². The van der Waals surface area contributed by atoms with Gasteiger partial charge in [0.2, 0.25) is 5.52 Å². The van der Waals surface area contributed by atoms with Crippen LogP contribution in [0.15, 0.2) is 60.8 Å². The van der Waals surface area contributed by atoms with Gasteiger partial charge in [-0.2, -0.15) is 0 Å². The highest BCUT2D eigenvalue weighted by atomic mass is 15.0. The van der Waals surface area contributed by atoms with Crippen molar-refractivity contribution in [2.75, 3.05) is 0 Å². The molecule has 30 heavy (non-hydrogen) atoms. The summed E-state index contributed by atoms with van der Waals surface area (Å²) in [7, 11) is 2.13. The van der Waals surface area contributed by atoms with Crippen LogP contribution in [0.1, 0.15) is 25.0 Å². The summed E-state index contributed by atoms with van der Waals surface area (Å²) in [5.41, 5.74) is 6.68. The zero-order chi connectivity index (χ0) is 20.8. The van der Waals surface area contributed by atoms with Gasteiger partial charge in [0, 0.05) is 36.2 Å². The number of rotatable bonds is 1. The standard InChI is InChI=1S/C27H22N3/c1-16-9-8-12-21-22(16)25-23-17(13-14-29(25)5)15-19(27(2,3)28-4)24-18-10-6-7-11-20(18)30(21)26(23)24/h6-15H,1-3,5H3/q+1. The molecule has 3 heterocycles. The molecule has 0 aliphatic rings. The number of para-hydroxylation sites is 1. The van der Waals surface area contributed by atoms with Crippen LogP contribution in [0.3, 0.4) is 0 Å². The van der Waals surface area contributed by atoms with Gasteiger partial charge in [0.15, 0.2) is 6.20 Å². The Bertz CT molecular complexity index is 1690. The van der Waals surface area contributed by atoms with Gasteiger partial charge in [-0.3, -0.25) is 0 Å². The van der Waals surface area contributed by atoms with E-state index in [-0.39, 0.29) is 0 Å². The molecule has 3 nitrogen and oxygen atoms in total. The summed E-state index contributed by atoms with van der Waals surface area (Å²) in [6, 6.07) is 19.6. The highest BCUT2D eigenvalue weighted by molar-refractivity contribution is 6.28. The highest BCUT2D eigenvalue weighted by Crippen LogP contribution is 2.45. The Hall–Kier alpha value is -3.64. The first-order chi connectivity index (χ1) is 14.4. The second kappa shape index (κ2) is 5.49. The van der Waals surface area contributed by atoms with Crippen LogP contribution >= 0.6 is 0 Å². The molecule has 3 heteroatoms. The van der Waals surface area contributed by atoms with Crippen LogP contribution in [0.2, 0.25) is 0 Å². The lowest BCUT2D eigenvalue weighted by Crippen LogP contribution is -2.29. The summed E-state index contributed by atoms with van der Waals surface area (Å²) in [6.45, 7) is 14.1. The van der Waals surface area contributed by atoms with Gasteiger partial charge < -0.3 is 9.25 Å². The van der Waals surface area contributed by atoms with E-state index in [2.05, 4.69) is 88.6 Å². The molecule has 6 aromatic rings. The third-order valence-corrected chi connectivity index (χ3v) is 6.70. The molecule has 0 aliphatic heterocycles. The topological polar surface area (TPSA) is 12.7 Å². The van der Waals surface area contributed by atoms with Gasteiger partial charge >= 0.3 is 0 Å². The quantitative estimate of drug-likeness (QED) is 0.136. The number of benzene rings is 3. The molecule has 3 aromatic heterocycles. The molecule has 144 valence electrons. The molecule has 0 radical (unpaired) electrons. The Kier molecular flexibility index (Phi) is 3.15. The van der Waals surface area contributed by atoms with Gasteiger partial charge in [0.25, 0.3) is 5.54 Å². The van der Waals surface area contributed by atoms with E-state index in [1.54, 1.807) is 0 Å². The van der Waals surface area contributed by atoms with E-state index in [1.165, 1.54) is 54.6 Å². The minimum absolute atomic E-state index is 0.603. The Morgan fingerprint density at radius 3 is 2.50 bits per heavy atom.